The molecule has 0 unspecified atom stereocenters. The van der Waals surface area contributed by atoms with Gasteiger partial charge in [0.05, 0.1) is 37.1 Å². The molecular weight excluding hydrogens is 528 g/mol. The number of ether oxygens (including phenoxy) is 4. The SMILES string of the molecule is C=C1CC[C@@]2(OC1)O[C@H]1C[C@@]3(O)[C@@H]4CC=C5C[C@@H](O)C[C@@H](O[C@@H]6OC[C@H](O)[C@H](O)[C@H]6O)[C@]5(C)[C@H]4CC[C@]3(C)[C@H]1[C@@H]2C. The Morgan fingerprint density at radius 1 is 1.07 bits per heavy atom. The Labute approximate surface area is 242 Å². The third kappa shape index (κ3) is 3.86. The van der Waals surface area contributed by atoms with E-state index in [0.717, 1.165) is 43.3 Å². The van der Waals surface area contributed by atoms with Crippen LogP contribution in [0.3, 0.4) is 0 Å². The molecule has 0 aromatic carbocycles. The number of hydrogen-bond donors (Lipinski definition) is 5. The summed E-state index contributed by atoms with van der Waals surface area (Å²) in [5, 5.41) is 54.5. The van der Waals surface area contributed by atoms with Crippen LogP contribution in [0.25, 0.3) is 0 Å². The molecule has 4 aliphatic carbocycles. The first-order valence-electron chi connectivity index (χ1n) is 15.7. The van der Waals surface area contributed by atoms with E-state index in [1.165, 1.54) is 0 Å². The van der Waals surface area contributed by atoms with Crippen molar-refractivity contribution in [2.24, 2.45) is 34.5 Å². The van der Waals surface area contributed by atoms with Gasteiger partial charge in [-0.2, -0.15) is 0 Å². The van der Waals surface area contributed by atoms with Crippen LogP contribution in [-0.4, -0.2) is 93.0 Å². The minimum atomic E-state index is -1.40. The fourth-order valence-electron chi connectivity index (χ4n) is 10.8. The van der Waals surface area contributed by atoms with Gasteiger partial charge in [0.1, 0.15) is 18.3 Å². The van der Waals surface area contributed by atoms with Crippen molar-refractivity contribution in [3.05, 3.63) is 23.8 Å². The van der Waals surface area contributed by atoms with Crippen LogP contribution >= 0.6 is 0 Å². The van der Waals surface area contributed by atoms with Crippen LogP contribution < -0.4 is 0 Å². The molecule has 3 saturated carbocycles. The van der Waals surface area contributed by atoms with E-state index in [9.17, 15) is 25.5 Å². The Morgan fingerprint density at radius 3 is 2.59 bits per heavy atom. The Hall–Kier alpha value is -0.880. The zero-order chi connectivity index (χ0) is 29.1. The summed E-state index contributed by atoms with van der Waals surface area (Å²) in [4.78, 5) is 0. The maximum atomic E-state index is 12.8. The van der Waals surface area contributed by atoms with Gasteiger partial charge in [0.2, 0.25) is 0 Å². The molecule has 3 saturated heterocycles. The lowest BCUT2D eigenvalue weighted by atomic mass is 9.44. The predicted molar refractivity (Wildman–Crippen MR) is 147 cm³/mol. The van der Waals surface area contributed by atoms with Crippen molar-refractivity contribution < 1.29 is 44.5 Å². The number of fused-ring (bicyclic) bond motifs is 7. The first-order valence-corrected chi connectivity index (χ1v) is 15.7. The summed E-state index contributed by atoms with van der Waals surface area (Å²) in [5.41, 5.74) is 0.511. The standard InChI is InChI=1S/C32H48O9/c1-16-7-10-32(39-14-16)17(2)25-23(41-32)13-31(37)21-6-5-18-11-19(33)12-24(30(18,4)20(21)8-9-29(25,31)3)40-28-27(36)26(35)22(34)15-38-28/h5,17,19-28,33-37H,1,6-15H2,2-4H3/t17-,19+,20-,21+,22-,23-,24+,25-,26-,27+,28-,29+,30-,31+,32+/m0/s1. The molecule has 230 valence electrons. The van der Waals surface area contributed by atoms with Crippen LogP contribution in [0.1, 0.15) is 72.1 Å². The lowest BCUT2D eigenvalue weighted by Crippen LogP contribution is -2.64. The third-order valence-corrected chi connectivity index (χ3v) is 13.1. The van der Waals surface area contributed by atoms with Crippen molar-refractivity contribution in [3.63, 3.8) is 0 Å². The van der Waals surface area contributed by atoms with Crippen LogP contribution in [-0.2, 0) is 18.9 Å². The largest absolute Gasteiger partial charge is 0.393 e. The summed E-state index contributed by atoms with van der Waals surface area (Å²) in [5.74, 6) is -0.149. The lowest BCUT2D eigenvalue weighted by Gasteiger charge is -2.63. The van der Waals surface area contributed by atoms with E-state index in [2.05, 4.69) is 33.4 Å². The van der Waals surface area contributed by atoms with Crippen molar-refractivity contribution in [2.45, 2.75) is 126 Å². The van der Waals surface area contributed by atoms with E-state index in [0.29, 0.717) is 25.9 Å². The van der Waals surface area contributed by atoms with Crippen molar-refractivity contribution in [1.82, 2.24) is 0 Å². The highest BCUT2D eigenvalue weighted by Gasteiger charge is 2.75. The topological polar surface area (TPSA) is 138 Å². The second kappa shape index (κ2) is 9.56. The van der Waals surface area contributed by atoms with Gasteiger partial charge in [-0.25, -0.2) is 0 Å². The smallest absolute Gasteiger partial charge is 0.186 e. The molecule has 41 heavy (non-hydrogen) atoms. The Morgan fingerprint density at radius 2 is 1.85 bits per heavy atom. The predicted octanol–water partition coefficient (Wildman–Crippen LogP) is 2.18. The van der Waals surface area contributed by atoms with Crippen LogP contribution in [0.2, 0.25) is 0 Å². The average molecular weight is 577 g/mol. The van der Waals surface area contributed by atoms with E-state index >= 15 is 0 Å². The van der Waals surface area contributed by atoms with Gasteiger partial charge < -0.3 is 44.5 Å². The fourth-order valence-corrected chi connectivity index (χ4v) is 10.8. The maximum Gasteiger partial charge on any atom is 0.186 e. The summed E-state index contributed by atoms with van der Waals surface area (Å²) in [6.07, 6.45) is 1.75. The maximum absolute atomic E-state index is 12.8. The number of rotatable bonds is 2. The normalized spacial score (nSPS) is 58.4. The summed E-state index contributed by atoms with van der Waals surface area (Å²) in [7, 11) is 0. The molecule has 0 aromatic rings. The molecule has 6 fully saturated rings. The van der Waals surface area contributed by atoms with Crippen molar-refractivity contribution in [3.8, 4) is 0 Å². The fraction of sp³-hybridized carbons (Fsp3) is 0.875. The van der Waals surface area contributed by atoms with Crippen LogP contribution in [0.4, 0.5) is 0 Å². The monoisotopic (exact) mass is 576 g/mol. The molecule has 0 radical (unpaired) electrons. The molecule has 0 amide bonds. The van der Waals surface area contributed by atoms with Gasteiger partial charge >= 0.3 is 0 Å². The molecule has 7 aliphatic rings. The van der Waals surface area contributed by atoms with E-state index in [1.54, 1.807) is 0 Å². The van der Waals surface area contributed by atoms with Gasteiger partial charge in [-0.3, -0.25) is 0 Å². The van der Waals surface area contributed by atoms with Crippen LogP contribution in [0, 0.1) is 34.5 Å². The summed E-state index contributed by atoms with van der Waals surface area (Å²) >= 11 is 0. The molecule has 15 atom stereocenters. The summed E-state index contributed by atoms with van der Waals surface area (Å²) in [6, 6.07) is 0. The lowest BCUT2D eigenvalue weighted by molar-refractivity contribution is -0.303. The number of aliphatic hydroxyl groups is 5. The molecule has 9 nitrogen and oxygen atoms in total. The molecule has 5 N–H and O–H groups in total. The second-order valence-corrected chi connectivity index (χ2v) is 14.8. The van der Waals surface area contributed by atoms with Crippen molar-refractivity contribution in [2.75, 3.05) is 13.2 Å². The Kier molecular flexibility index (Phi) is 6.73. The summed E-state index contributed by atoms with van der Waals surface area (Å²) in [6.45, 7) is 11.2. The van der Waals surface area contributed by atoms with Crippen LogP contribution in [0.5, 0.6) is 0 Å². The highest BCUT2D eigenvalue weighted by Crippen LogP contribution is 2.72. The molecule has 9 heteroatoms. The van der Waals surface area contributed by atoms with Crippen LogP contribution in [0.15, 0.2) is 23.8 Å². The van der Waals surface area contributed by atoms with Gasteiger partial charge in [-0.1, -0.05) is 44.6 Å². The molecule has 3 heterocycles. The third-order valence-electron chi connectivity index (χ3n) is 13.1. The van der Waals surface area contributed by atoms with E-state index in [-0.39, 0.29) is 41.8 Å². The van der Waals surface area contributed by atoms with E-state index in [4.69, 9.17) is 18.9 Å². The average Bonchev–Trinajstić information content (AvgIpc) is 3.32. The zero-order valence-corrected chi connectivity index (χ0v) is 24.6. The van der Waals surface area contributed by atoms with Gasteiger partial charge in [0.25, 0.3) is 0 Å². The molecule has 1 spiro atoms. The summed E-state index contributed by atoms with van der Waals surface area (Å²) < 4.78 is 25.2. The zero-order valence-electron chi connectivity index (χ0n) is 24.6. The first kappa shape index (κ1) is 28.9. The van der Waals surface area contributed by atoms with Gasteiger partial charge in [0.15, 0.2) is 12.1 Å². The van der Waals surface area contributed by atoms with Gasteiger partial charge in [-0.15, -0.1) is 0 Å². The Bertz CT molecular complexity index is 1100. The van der Waals surface area contributed by atoms with Crippen molar-refractivity contribution in [1.29, 1.82) is 0 Å². The number of hydrogen-bond acceptors (Lipinski definition) is 9. The van der Waals surface area contributed by atoms with Gasteiger partial charge in [-0.05, 0) is 43.9 Å². The van der Waals surface area contributed by atoms with E-state index < -0.39 is 53.6 Å². The first-order chi connectivity index (χ1) is 19.3. The second-order valence-electron chi connectivity index (χ2n) is 14.8. The Balaban J connectivity index is 1.18. The quantitative estimate of drug-likeness (QED) is 0.313. The minimum Gasteiger partial charge on any atom is -0.393 e. The number of allylic oxidation sites excluding steroid dienone is 1. The van der Waals surface area contributed by atoms with Gasteiger partial charge in [0, 0.05) is 41.9 Å². The minimum absolute atomic E-state index is 0.00893. The van der Waals surface area contributed by atoms with Crippen molar-refractivity contribution >= 4 is 0 Å². The highest BCUT2D eigenvalue weighted by molar-refractivity contribution is 5.31. The molecular formula is C32H48O9. The molecule has 7 rings (SSSR count). The van der Waals surface area contributed by atoms with E-state index in [1.807, 2.05) is 0 Å². The molecule has 0 bridgehead atoms. The molecule has 3 aliphatic heterocycles. The highest BCUT2D eigenvalue weighted by atomic mass is 16.7. The molecule has 0 aromatic heterocycles. The number of aliphatic hydroxyl groups excluding tert-OH is 4.